The average molecular weight is 447 g/mol. The zero-order valence-corrected chi connectivity index (χ0v) is 21.8. The number of hydrogen-bond donors (Lipinski definition) is 0. The predicted molar refractivity (Wildman–Crippen MR) is 134 cm³/mol. The van der Waals surface area contributed by atoms with Crippen LogP contribution < -0.4 is 0 Å². The highest BCUT2D eigenvalue weighted by Crippen LogP contribution is 2.40. The standard InChI is InChI=1S/C26H55O3P/c1-4-7-10-13-15-17-19-22-25-28-30(27-24-21-12-9-6-3)29-26-23-20-18-16-14-11-8-5-2/h4-26H2,1-3H3. The largest absolute Gasteiger partial charge is 0.332 e. The molecule has 4 heteroatoms. The first-order chi connectivity index (χ1) is 14.8. The molecule has 0 unspecified atom stereocenters. The third-order valence-corrected chi connectivity index (χ3v) is 6.76. The zero-order chi connectivity index (χ0) is 22.0. The summed E-state index contributed by atoms with van der Waals surface area (Å²) in [5.74, 6) is 0. The molecule has 0 aliphatic rings. The highest BCUT2D eigenvalue weighted by atomic mass is 31.2. The molecule has 0 bridgehead atoms. The molecule has 0 aromatic carbocycles. The van der Waals surface area contributed by atoms with Crippen LogP contribution in [0.3, 0.4) is 0 Å². The lowest BCUT2D eigenvalue weighted by Crippen LogP contribution is -2.00. The summed E-state index contributed by atoms with van der Waals surface area (Å²) in [6, 6.07) is 0. The van der Waals surface area contributed by atoms with Gasteiger partial charge in [0.2, 0.25) is 0 Å². The van der Waals surface area contributed by atoms with Gasteiger partial charge in [0.1, 0.15) is 0 Å². The van der Waals surface area contributed by atoms with E-state index >= 15 is 0 Å². The van der Waals surface area contributed by atoms with Crippen molar-refractivity contribution in [2.45, 2.75) is 149 Å². The minimum atomic E-state index is -1.15. The Morgan fingerprint density at radius 2 is 0.567 bits per heavy atom. The summed E-state index contributed by atoms with van der Waals surface area (Å²) in [5, 5.41) is 0. The van der Waals surface area contributed by atoms with E-state index in [1.807, 2.05) is 0 Å². The van der Waals surface area contributed by atoms with Crippen molar-refractivity contribution in [3.05, 3.63) is 0 Å². The van der Waals surface area contributed by atoms with Crippen LogP contribution in [0.25, 0.3) is 0 Å². The van der Waals surface area contributed by atoms with Gasteiger partial charge >= 0.3 is 8.60 Å². The van der Waals surface area contributed by atoms with Gasteiger partial charge in [0.25, 0.3) is 0 Å². The maximum absolute atomic E-state index is 5.99. The molecule has 182 valence electrons. The molecule has 0 spiro atoms. The van der Waals surface area contributed by atoms with Gasteiger partial charge in [0.15, 0.2) is 0 Å². The minimum absolute atomic E-state index is 0.778. The second-order valence-electron chi connectivity index (χ2n) is 8.73. The normalized spacial score (nSPS) is 11.6. The molecule has 0 aliphatic carbocycles. The number of hydrogen-bond acceptors (Lipinski definition) is 3. The fourth-order valence-electron chi connectivity index (χ4n) is 3.53. The molecular weight excluding hydrogens is 391 g/mol. The van der Waals surface area contributed by atoms with Crippen molar-refractivity contribution in [2.75, 3.05) is 19.8 Å². The van der Waals surface area contributed by atoms with Crippen LogP contribution in [0.2, 0.25) is 0 Å². The molecule has 30 heavy (non-hydrogen) atoms. The van der Waals surface area contributed by atoms with Crippen LogP contribution in [-0.4, -0.2) is 19.8 Å². The molecule has 0 heterocycles. The quantitative estimate of drug-likeness (QED) is 0.0976. The van der Waals surface area contributed by atoms with Gasteiger partial charge in [-0.05, 0) is 19.3 Å². The summed E-state index contributed by atoms with van der Waals surface area (Å²) < 4.78 is 17.9. The Morgan fingerprint density at radius 1 is 0.333 bits per heavy atom. The summed E-state index contributed by atoms with van der Waals surface area (Å²) in [6.07, 6.45) is 26.2. The molecule has 0 saturated carbocycles. The van der Waals surface area contributed by atoms with Crippen LogP contribution >= 0.6 is 8.60 Å². The molecule has 0 saturated heterocycles. The Hall–Kier alpha value is 0.310. The van der Waals surface area contributed by atoms with E-state index in [2.05, 4.69) is 20.8 Å². The van der Waals surface area contributed by atoms with Crippen molar-refractivity contribution >= 4 is 8.60 Å². The van der Waals surface area contributed by atoms with Gasteiger partial charge in [0.05, 0.1) is 19.8 Å². The van der Waals surface area contributed by atoms with E-state index in [0.29, 0.717) is 0 Å². The van der Waals surface area contributed by atoms with Gasteiger partial charge in [-0.25, -0.2) is 0 Å². The van der Waals surface area contributed by atoms with Gasteiger partial charge in [-0.2, -0.15) is 0 Å². The summed E-state index contributed by atoms with van der Waals surface area (Å²) in [6.45, 7) is 9.14. The Labute approximate surface area is 191 Å². The van der Waals surface area contributed by atoms with Crippen molar-refractivity contribution in [2.24, 2.45) is 0 Å². The van der Waals surface area contributed by atoms with Crippen LogP contribution in [0, 0.1) is 0 Å². The summed E-state index contributed by atoms with van der Waals surface area (Å²) in [4.78, 5) is 0. The molecule has 0 amide bonds. The maximum atomic E-state index is 5.99. The van der Waals surface area contributed by atoms with Gasteiger partial charge in [-0.3, -0.25) is 0 Å². The molecule has 0 atom stereocenters. The highest BCUT2D eigenvalue weighted by molar-refractivity contribution is 7.41. The fourth-order valence-corrected chi connectivity index (χ4v) is 4.59. The third kappa shape index (κ3) is 24.6. The highest BCUT2D eigenvalue weighted by Gasteiger charge is 2.12. The van der Waals surface area contributed by atoms with E-state index in [-0.39, 0.29) is 0 Å². The van der Waals surface area contributed by atoms with Gasteiger partial charge in [-0.15, -0.1) is 0 Å². The van der Waals surface area contributed by atoms with Crippen molar-refractivity contribution in [3.8, 4) is 0 Å². The number of unbranched alkanes of at least 4 members (excludes halogenated alkanes) is 17. The summed E-state index contributed by atoms with van der Waals surface area (Å²) in [7, 11) is -1.15. The van der Waals surface area contributed by atoms with Crippen LogP contribution in [-0.2, 0) is 13.6 Å². The molecule has 0 aromatic rings. The van der Waals surface area contributed by atoms with E-state index in [0.717, 1.165) is 39.1 Å². The molecule has 0 N–H and O–H groups in total. The molecule has 0 rings (SSSR count). The first kappa shape index (κ1) is 30.3. The third-order valence-electron chi connectivity index (χ3n) is 5.58. The van der Waals surface area contributed by atoms with Gasteiger partial charge in [-0.1, -0.05) is 130 Å². The van der Waals surface area contributed by atoms with Crippen molar-refractivity contribution in [1.82, 2.24) is 0 Å². The number of rotatable bonds is 26. The van der Waals surface area contributed by atoms with E-state index in [1.54, 1.807) is 0 Å². The Morgan fingerprint density at radius 3 is 0.867 bits per heavy atom. The lowest BCUT2D eigenvalue weighted by atomic mass is 10.1. The van der Waals surface area contributed by atoms with Crippen molar-refractivity contribution < 1.29 is 13.6 Å². The zero-order valence-electron chi connectivity index (χ0n) is 20.9. The van der Waals surface area contributed by atoms with E-state index in [9.17, 15) is 0 Å². The summed E-state index contributed by atoms with van der Waals surface area (Å²) in [5.41, 5.74) is 0. The molecule has 0 fully saturated rings. The lowest BCUT2D eigenvalue weighted by molar-refractivity contribution is 0.154. The first-order valence-corrected chi connectivity index (χ1v) is 14.6. The second-order valence-corrected chi connectivity index (χ2v) is 9.96. The lowest BCUT2D eigenvalue weighted by Gasteiger charge is -2.17. The topological polar surface area (TPSA) is 27.7 Å². The van der Waals surface area contributed by atoms with Crippen LogP contribution in [0.5, 0.6) is 0 Å². The van der Waals surface area contributed by atoms with Crippen LogP contribution in [0.4, 0.5) is 0 Å². The van der Waals surface area contributed by atoms with E-state index in [1.165, 1.54) is 109 Å². The van der Waals surface area contributed by atoms with Crippen LogP contribution in [0.15, 0.2) is 0 Å². The van der Waals surface area contributed by atoms with Gasteiger partial charge < -0.3 is 13.6 Å². The smallest absolute Gasteiger partial charge is 0.312 e. The SMILES string of the molecule is CCCCCCCCCCOP(OCCCCCC)OCCCCCCCCCC. The molecule has 3 nitrogen and oxygen atoms in total. The fraction of sp³-hybridized carbons (Fsp3) is 1.00. The average Bonchev–Trinajstić information content (AvgIpc) is 2.76. The van der Waals surface area contributed by atoms with Crippen LogP contribution in [0.1, 0.15) is 149 Å². The Bertz CT molecular complexity index is 280. The van der Waals surface area contributed by atoms with E-state index < -0.39 is 8.60 Å². The minimum Gasteiger partial charge on any atom is -0.312 e. The van der Waals surface area contributed by atoms with Crippen molar-refractivity contribution in [3.63, 3.8) is 0 Å². The summed E-state index contributed by atoms with van der Waals surface area (Å²) >= 11 is 0. The van der Waals surface area contributed by atoms with Crippen molar-refractivity contribution in [1.29, 1.82) is 0 Å². The predicted octanol–water partition coefficient (Wildman–Crippen LogP) is 10.1. The molecular formula is C26H55O3P. The van der Waals surface area contributed by atoms with E-state index in [4.69, 9.17) is 13.6 Å². The molecule has 0 aromatic heterocycles. The monoisotopic (exact) mass is 446 g/mol. The Balaban J connectivity index is 3.75. The van der Waals surface area contributed by atoms with Gasteiger partial charge in [0, 0.05) is 0 Å². The first-order valence-electron chi connectivity index (χ1n) is 13.5. The molecule has 0 radical (unpaired) electrons. The second kappa shape index (κ2) is 27.3. The Kier molecular flexibility index (Phi) is 27.6. The molecule has 0 aliphatic heterocycles. The maximum Gasteiger partial charge on any atom is 0.332 e.